The van der Waals surface area contributed by atoms with E-state index in [-0.39, 0.29) is 24.9 Å². The summed E-state index contributed by atoms with van der Waals surface area (Å²) in [6.07, 6.45) is 0. The Hall–Kier alpha value is -1.30. The molecule has 0 atom stereocenters. The number of quaternary nitrogens is 1. The van der Waals surface area contributed by atoms with Crippen LogP contribution in [0.4, 0.5) is 5.69 Å². The number of rotatable bonds is 5. The highest BCUT2D eigenvalue weighted by Crippen LogP contribution is 2.22. The summed E-state index contributed by atoms with van der Waals surface area (Å²) in [5.41, 5.74) is 0.533. The van der Waals surface area contributed by atoms with E-state index in [0.717, 1.165) is 0 Å². The summed E-state index contributed by atoms with van der Waals surface area (Å²) >= 11 is 11.6. The summed E-state index contributed by atoms with van der Waals surface area (Å²) in [5.74, 6) is -0.356. The van der Waals surface area contributed by atoms with Crippen LogP contribution in [0.1, 0.15) is 0 Å². The van der Waals surface area contributed by atoms with Gasteiger partial charge >= 0.3 is 0 Å². The normalized spacial score (nSPS) is 9.94. The maximum Gasteiger partial charge on any atom is 0.279 e. The molecule has 0 saturated carbocycles. The third kappa shape index (κ3) is 5.35. The standard InChI is InChI=1S/C11H13Cl2N3O2/c1-14-10(17)5-15-6-11(18)16-9-3-7(12)2-8(13)4-9/h2-4,15H,5-6H2,1H3,(H,14,17)(H,16,18)/p+1. The third-order valence-electron chi connectivity index (χ3n) is 2.08. The lowest BCUT2D eigenvalue weighted by Crippen LogP contribution is -2.88. The van der Waals surface area contributed by atoms with Crippen molar-refractivity contribution in [1.29, 1.82) is 0 Å². The molecule has 2 amide bonds. The van der Waals surface area contributed by atoms with Gasteiger partial charge in [0.1, 0.15) is 0 Å². The Kier molecular flexibility index (Phi) is 5.91. The summed E-state index contributed by atoms with van der Waals surface area (Å²) in [5, 5.41) is 7.61. The van der Waals surface area contributed by atoms with Crippen LogP contribution in [-0.4, -0.2) is 32.0 Å². The highest BCUT2D eigenvalue weighted by atomic mass is 35.5. The molecular formula is C11H14Cl2N3O2+. The Morgan fingerprint density at radius 1 is 1.11 bits per heavy atom. The smallest absolute Gasteiger partial charge is 0.279 e. The van der Waals surface area contributed by atoms with Gasteiger partial charge in [-0.15, -0.1) is 0 Å². The van der Waals surface area contributed by atoms with E-state index >= 15 is 0 Å². The van der Waals surface area contributed by atoms with Gasteiger partial charge in [-0.2, -0.15) is 0 Å². The van der Waals surface area contributed by atoms with Crippen molar-refractivity contribution in [2.75, 3.05) is 25.5 Å². The summed E-state index contributed by atoms with van der Waals surface area (Å²) in [4.78, 5) is 22.5. The van der Waals surface area contributed by atoms with E-state index in [9.17, 15) is 9.59 Å². The van der Waals surface area contributed by atoms with E-state index in [0.29, 0.717) is 15.7 Å². The van der Waals surface area contributed by atoms with E-state index in [2.05, 4.69) is 10.6 Å². The van der Waals surface area contributed by atoms with E-state index in [1.807, 2.05) is 0 Å². The topological polar surface area (TPSA) is 74.8 Å². The molecule has 7 heteroatoms. The third-order valence-corrected chi connectivity index (χ3v) is 2.52. The minimum atomic E-state index is -0.225. The lowest BCUT2D eigenvalue weighted by atomic mass is 10.3. The zero-order valence-electron chi connectivity index (χ0n) is 9.80. The highest BCUT2D eigenvalue weighted by molar-refractivity contribution is 6.35. The second kappa shape index (κ2) is 7.20. The van der Waals surface area contributed by atoms with Crippen LogP contribution in [0.5, 0.6) is 0 Å². The van der Waals surface area contributed by atoms with E-state index in [4.69, 9.17) is 23.2 Å². The number of hydrogen-bond acceptors (Lipinski definition) is 2. The summed E-state index contributed by atoms with van der Waals surface area (Å²) in [6, 6.07) is 4.78. The second-order valence-electron chi connectivity index (χ2n) is 3.58. The van der Waals surface area contributed by atoms with Crippen molar-refractivity contribution in [2.45, 2.75) is 0 Å². The number of carbonyl (C=O) groups is 2. The fourth-order valence-corrected chi connectivity index (χ4v) is 1.80. The lowest BCUT2D eigenvalue weighted by molar-refractivity contribution is -0.632. The summed E-state index contributed by atoms with van der Waals surface area (Å²) in [6.45, 7) is 0.359. The van der Waals surface area contributed by atoms with E-state index in [1.54, 1.807) is 30.6 Å². The number of amides is 2. The van der Waals surface area contributed by atoms with Crippen molar-refractivity contribution < 1.29 is 14.9 Å². The van der Waals surface area contributed by atoms with Gasteiger partial charge in [0.25, 0.3) is 11.8 Å². The molecule has 4 N–H and O–H groups in total. The number of carbonyl (C=O) groups excluding carboxylic acids is 2. The van der Waals surface area contributed by atoms with Crippen LogP contribution < -0.4 is 16.0 Å². The number of halogens is 2. The van der Waals surface area contributed by atoms with Crippen molar-refractivity contribution in [3.63, 3.8) is 0 Å². The minimum absolute atomic E-state index is 0.131. The SMILES string of the molecule is CNC(=O)C[NH2+]CC(=O)Nc1cc(Cl)cc(Cl)c1. The predicted octanol–water partition coefficient (Wildman–Crippen LogP) is 0.241. The summed E-state index contributed by atoms with van der Waals surface area (Å²) < 4.78 is 0. The first kappa shape index (κ1) is 14.8. The van der Waals surface area contributed by atoms with Gasteiger partial charge in [0, 0.05) is 22.8 Å². The number of nitrogens with two attached hydrogens (primary N) is 1. The number of likely N-dealkylation sites (N-methyl/N-ethyl adjacent to an activating group) is 1. The van der Waals surface area contributed by atoms with Gasteiger partial charge in [-0.1, -0.05) is 23.2 Å². The van der Waals surface area contributed by atoms with Crippen molar-refractivity contribution in [3.05, 3.63) is 28.2 Å². The maximum atomic E-state index is 11.5. The maximum absolute atomic E-state index is 11.5. The van der Waals surface area contributed by atoms with Crippen LogP contribution in [0.2, 0.25) is 10.0 Å². The molecule has 0 fully saturated rings. The highest BCUT2D eigenvalue weighted by Gasteiger charge is 2.07. The Morgan fingerprint density at radius 3 is 2.22 bits per heavy atom. The molecule has 0 aliphatic carbocycles. The monoisotopic (exact) mass is 290 g/mol. The molecule has 0 radical (unpaired) electrons. The van der Waals surface area contributed by atoms with Crippen LogP contribution in [0.3, 0.4) is 0 Å². The number of anilines is 1. The molecule has 18 heavy (non-hydrogen) atoms. The number of nitrogens with one attached hydrogen (secondary N) is 2. The fourth-order valence-electron chi connectivity index (χ4n) is 1.27. The molecule has 1 rings (SSSR count). The van der Waals surface area contributed by atoms with Gasteiger partial charge < -0.3 is 16.0 Å². The van der Waals surface area contributed by atoms with Gasteiger partial charge in [0.15, 0.2) is 13.1 Å². The van der Waals surface area contributed by atoms with Crippen molar-refractivity contribution in [2.24, 2.45) is 0 Å². The fraction of sp³-hybridized carbons (Fsp3) is 0.273. The number of benzene rings is 1. The molecule has 0 bridgehead atoms. The van der Waals surface area contributed by atoms with Crippen LogP contribution in [0, 0.1) is 0 Å². The van der Waals surface area contributed by atoms with E-state index < -0.39 is 0 Å². The Labute approximate surface area is 115 Å². The molecular weight excluding hydrogens is 277 g/mol. The first-order valence-electron chi connectivity index (χ1n) is 5.29. The molecule has 5 nitrogen and oxygen atoms in total. The first-order chi connectivity index (χ1) is 8.51. The van der Waals surface area contributed by atoms with Crippen LogP contribution in [0.25, 0.3) is 0 Å². The molecule has 98 valence electrons. The molecule has 0 unspecified atom stereocenters. The first-order valence-corrected chi connectivity index (χ1v) is 6.05. The lowest BCUT2D eigenvalue weighted by Gasteiger charge is -2.05. The van der Waals surface area contributed by atoms with Crippen LogP contribution in [0.15, 0.2) is 18.2 Å². The molecule has 0 saturated heterocycles. The zero-order valence-corrected chi connectivity index (χ0v) is 11.3. The Bertz CT molecular complexity index is 432. The molecule has 0 heterocycles. The molecule has 0 aliphatic rings. The van der Waals surface area contributed by atoms with Crippen molar-refractivity contribution in [1.82, 2.24) is 5.32 Å². The quantitative estimate of drug-likeness (QED) is 0.727. The Balaban J connectivity index is 2.42. The van der Waals surface area contributed by atoms with Crippen molar-refractivity contribution >= 4 is 40.7 Å². The molecule has 0 spiro atoms. The predicted molar refractivity (Wildman–Crippen MR) is 70.8 cm³/mol. The van der Waals surface area contributed by atoms with Gasteiger partial charge in [-0.25, -0.2) is 0 Å². The molecule has 0 aromatic heterocycles. The molecule has 1 aromatic rings. The average Bonchev–Trinajstić information content (AvgIpc) is 2.27. The van der Waals surface area contributed by atoms with Crippen LogP contribution >= 0.6 is 23.2 Å². The summed E-state index contributed by atoms with van der Waals surface area (Å²) in [7, 11) is 1.55. The second-order valence-corrected chi connectivity index (χ2v) is 4.45. The average molecular weight is 291 g/mol. The number of hydrogen-bond donors (Lipinski definition) is 3. The molecule has 0 aliphatic heterocycles. The van der Waals surface area contributed by atoms with Crippen LogP contribution in [-0.2, 0) is 9.59 Å². The van der Waals surface area contributed by atoms with Gasteiger partial charge in [-0.05, 0) is 18.2 Å². The van der Waals surface area contributed by atoms with Gasteiger partial charge in [0.05, 0.1) is 0 Å². The van der Waals surface area contributed by atoms with Crippen molar-refractivity contribution in [3.8, 4) is 0 Å². The van der Waals surface area contributed by atoms with Gasteiger partial charge in [-0.3, -0.25) is 9.59 Å². The Morgan fingerprint density at radius 2 is 1.67 bits per heavy atom. The zero-order chi connectivity index (χ0) is 13.5. The largest absolute Gasteiger partial charge is 0.354 e. The minimum Gasteiger partial charge on any atom is -0.354 e. The van der Waals surface area contributed by atoms with E-state index in [1.165, 1.54) is 0 Å². The molecule has 1 aromatic carbocycles. The van der Waals surface area contributed by atoms with Gasteiger partial charge in [0.2, 0.25) is 0 Å².